The number of hydrogen-bond donors (Lipinski definition) is 0. The highest BCUT2D eigenvalue weighted by Crippen LogP contribution is 2.35. The number of Topliss-reactive ketones (excluding diaryl/α,β-unsaturated/α-hetero) is 1. The van der Waals surface area contributed by atoms with Crippen LogP contribution in [-0.4, -0.2) is 12.9 Å². The number of benzene rings is 2. The number of ketones is 1. The van der Waals surface area contributed by atoms with Gasteiger partial charge in [-0.2, -0.15) is 0 Å². The third-order valence-electron chi connectivity index (χ3n) is 2.63. The molecule has 0 saturated heterocycles. The van der Waals surface area contributed by atoms with Gasteiger partial charge in [0.1, 0.15) is 5.75 Å². The number of ether oxygens (including phenoxy) is 2. The van der Waals surface area contributed by atoms with Gasteiger partial charge < -0.3 is 9.47 Å². The van der Waals surface area contributed by atoms with E-state index in [0.717, 1.165) is 0 Å². The Kier molecular flexibility index (Phi) is 4.07. The van der Waals surface area contributed by atoms with E-state index in [-0.39, 0.29) is 5.78 Å². The van der Waals surface area contributed by atoms with E-state index in [2.05, 4.69) is 0 Å². The van der Waals surface area contributed by atoms with E-state index in [1.807, 2.05) is 12.1 Å². The number of para-hydroxylation sites is 2. The molecule has 98 valence electrons. The first kappa shape index (κ1) is 13.4. The SMILES string of the molecule is COc1ccccc1Oc1ccc(C(C)=O)cc1Cl. The zero-order valence-electron chi connectivity index (χ0n) is 10.6. The normalized spacial score (nSPS) is 10.1. The van der Waals surface area contributed by atoms with Crippen molar-refractivity contribution < 1.29 is 14.3 Å². The molecule has 0 aliphatic carbocycles. The van der Waals surface area contributed by atoms with E-state index >= 15 is 0 Å². The van der Waals surface area contributed by atoms with Gasteiger partial charge >= 0.3 is 0 Å². The Labute approximate surface area is 116 Å². The fraction of sp³-hybridized carbons (Fsp3) is 0.133. The predicted molar refractivity (Wildman–Crippen MR) is 74.5 cm³/mol. The van der Waals surface area contributed by atoms with Gasteiger partial charge in [-0.15, -0.1) is 0 Å². The zero-order valence-corrected chi connectivity index (χ0v) is 11.4. The van der Waals surface area contributed by atoms with Gasteiger partial charge in [-0.25, -0.2) is 0 Å². The van der Waals surface area contributed by atoms with Crippen LogP contribution in [-0.2, 0) is 0 Å². The summed E-state index contributed by atoms with van der Waals surface area (Å²) in [6.07, 6.45) is 0. The zero-order chi connectivity index (χ0) is 13.8. The van der Waals surface area contributed by atoms with Crippen LogP contribution >= 0.6 is 11.6 Å². The van der Waals surface area contributed by atoms with Crippen molar-refractivity contribution in [3.63, 3.8) is 0 Å². The van der Waals surface area contributed by atoms with Crippen molar-refractivity contribution in [3.05, 3.63) is 53.1 Å². The van der Waals surface area contributed by atoms with Crippen LogP contribution in [0.25, 0.3) is 0 Å². The van der Waals surface area contributed by atoms with Gasteiger partial charge in [-0.3, -0.25) is 4.79 Å². The second-order valence-corrected chi connectivity index (χ2v) is 4.36. The summed E-state index contributed by atoms with van der Waals surface area (Å²) in [7, 11) is 1.57. The minimum atomic E-state index is -0.0364. The molecule has 0 aromatic heterocycles. The Morgan fingerprint density at radius 1 is 1.05 bits per heavy atom. The highest BCUT2D eigenvalue weighted by atomic mass is 35.5. The van der Waals surface area contributed by atoms with Crippen molar-refractivity contribution >= 4 is 17.4 Å². The Hall–Kier alpha value is -2.00. The summed E-state index contributed by atoms with van der Waals surface area (Å²) in [6, 6.07) is 12.2. The molecule has 4 heteroatoms. The summed E-state index contributed by atoms with van der Waals surface area (Å²) in [6.45, 7) is 1.49. The maximum atomic E-state index is 11.2. The Balaban J connectivity index is 2.31. The van der Waals surface area contributed by atoms with Gasteiger partial charge in [0.2, 0.25) is 0 Å². The van der Waals surface area contributed by atoms with E-state index in [1.54, 1.807) is 37.4 Å². The van der Waals surface area contributed by atoms with E-state index < -0.39 is 0 Å². The third-order valence-corrected chi connectivity index (χ3v) is 2.92. The number of hydrogen-bond acceptors (Lipinski definition) is 3. The summed E-state index contributed by atoms with van der Waals surface area (Å²) in [5.41, 5.74) is 0.553. The van der Waals surface area contributed by atoms with E-state index in [9.17, 15) is 4.79 Å². The number of halogens is 1. The second-order valence-electron chi connectivity index (χ2n) is 3.95. The van der Waals surface area contributed by atoms with Crippen LogP contribution in [0.3, 0.4) is 0 Å². The van der Waals surface area contributed by atoms with Crippen molar-refractivity contribution in [2.45, 2.75) is 6.92 Å². The topological polar surface area (TPSA) is 35.5 Å². The van der Waals surface area contributed by atoms with Crippen LogP contribution in [0.4, 0.5) is 0 Å². The predicted octanol–water partition coefficient (Wildman–Crippen LogP) is 4.34. The maximum Gasteiger partial charge on any atom is 0.169 e. The average molecular weight is 277 g/mol. The molecule has 0 aliphatic rings. The molecule has 0 bridgehead atoms. The van der Waals surface area contributed by atoms with Gasteiger partial charge in [0, 0.05) is 5.56 Å². The van der Waals surface area contributed by atoms with Crippen LogP contribution < -0.4 is 9.47 Å². The molecule has 0 fully saturated rings. The molecule has 19 heavy (non-hydrogen) atoms. The van der Waals surface area contributed by atoms with E-state index in [0.29, 0.717) is 27.8 Å². The van der Waals surface area contributed by atoms with Crippen LogP contribution in [0, 0.1) is 0 Å². The third kappa shape index (κ3) is 3.06. The second kappa shape index (κ2) is 5.76. The minimum Gasteiger partial charge on any atom is -0.493 e. The molecule has 3 nitrogen and oxygen atoms in total. The van der Waals surface area contributed by atoms with Gasteiger partial charge in [0.15, 0.2) is 17.3 Å². The number of methoxy groups -OCH3 is 1. The number of rotatable bonds is 4. The van der Waals surface area contributed by atoms with Crippen molar-refractivity contribution in [3.8, 4) is 17.2 Å². The Bertz CT molecular complexity index is 608. The molecule has 2 aromatic carbocycles. The van der Waals surface area contributed by atoms with Gasteiger partial charge in [0.25, 0.3) is 0 Å². The lowest BCUT2D eigenvalue weighted by atomic mass is 10.1. The molecule has 2 rings (SSSR count). The molecular weight excluding hydrogens is 264 g/mol. The minimum absolute atomic E-state index is 0.0364. The molecular formula is C15H13ClO3. The smallest absolute Gasteiger partial charge is 0.169 e. The summed E-state index contributed by atoms with van der Waals surface area (Å²) >= 11 is 6.10. The molecule has 0 aliphatic heterocycles. The molecule has 0 unspecified atom stereocenters. The first-order valence-electron chi connectivity index (χ1n) is 5.73. The van der Waals surface area contributed by atoms with Crippen molar-refractivity contribution in [2.24, 2.45) is 0 Å². The first-order valence-corrected chi connectivity index (χ1v) is 6.11. The molecule has 0 heterocycles. The Morgan fingerprint density at radius 2 is 1.74 bits per heavy atom. The standard InChI is InChI=1S/C15H13ClO3/c1-10(17)11-7-8-13(12(16)9-11)19-15-6-4-3-5-14(15)18-2/h3-9H,1-2H3. The first-order chi connectivity index (χ1) is 9.11. The van der Waals surface area contributed by atoms with Crippen molar-refractivity contribution in [1.82, 2.24) is 0 Å². The molecule has 0 N–H and O–H groups in total. The maximum absolute atomic E-state index is 11.2. The lowest BCUT2D eigenvalue weighted by Gasteiger charge is -2.11. The van der Waals surface area contributed by atoms with Crippen molar-refractivity contribution in [2.75, 3.05) is 7.11 Å². The summed E-state index contributed by atoms with van der Waals surface area (Å²) in [4.78, 5) is 11.2. The molecule has 0 radical (unpaired) electrons. The fourth-order valence-electron chi connectivity index (χ4n) is 1.62. The summed E-state index contributed by atoms with van der Waals surface area (Å²) in [5, 5.41) is 0.388. The molecule has 0 spiro atoms. The fourth-order valence-corrected chi connectivity index (χ4v) is 1.84. The lowest BCUT2D eigenvalue weighted by molar-refractivity contribution is 0.101. The lowest BCUT2D eigenvalue weighted by Crippen LogP contribution is -1.94. The monoisotopic (exact) mass is 276 g/mol. The summed E-state index contributed by atoms with van der Waals surface area (Å²) < 4.78 is 10.9. The molecule has 2 aromatic rings. The van der Waals surface area contributed by atoms with Crippen molar-refractivity contribution in [1.29, 1.82) is 0 Å². The number of carbonyl (C=O) groups excluding carboxylic acids is 1. The molecule has 0 atom stereocenters. The highest BCUT2D eigenvalue weighted by molar-refractivity contribution is 6.32. The van der Waals surface area contributed by atoms with Gasteiger partial charge in [0.05, 0.1) is 12.1 Å². The Morgan fingerprint density at radius 3 is 2.32 bits per heavy atom. The summed E-state index contributed by atoms with van der Waals surface area (Å²) in [5.74, 6) is 1.64. The highest BCUT2D eigenvalue weighted by Gasteiger charge is 2.09. The van der Waals surface area contributed by atoms with Crippen LogP contribution in [0.2, 0.25) is 5.02 Å². The molecule has 0 amide bonds. The number of carbonyl (C=O) groups is 1. The van der Waals surface area contributed by atoms with Crippen LogP contribution in [0.5, 0.6) is 17.2 Å². The largest absolute Gasteiger partial charge is 0.493 e. The molecule has 0 saturated carbocycles. The van der Waals surface area contributed by atoms with Crippen LogP contribution in [0.1, 0.15) is 17.3 Å². The quantitative estimate of drug-likeness (QED) is 0.779. The van der Waals surface area contributed by atoms with Gasteiger partial charge in [-0.05, 0) is 37.3 Å². The van der Waals surface area contributed by atoms with E-state index in [1.165, 1.54) is 6.92 Å². The van der Waals surface area contributed by atoms with Crippen LogP contribution in [0.15, 0.2) is 42.5 Å². The van der Waals surface area contributed by atoms with Gasteiger partial charge in [-0.1, -0.05) is 23.7 Å². The average Bonchev–Trinajstić information content (AvgIpc) is 2.41. The van der Waals surface area contributed by atoms with E-state index in [4.69, 9.17) is 21.1 Å².